The summed E-state index contributed by atoms with van der Waals surface area (Å²) in [6.45, 7) is 2.01. The molecule has 1 heterocycles. The lowest BCUT2D eigenvalue weighted by Gasteiger charge is -2.13. The Labute approximate surface area is 147 Å². The molecule has 1 aromatic carbocycles. The van der Waals surface area contributed by atoms with Crippen molar-refractivity contribution < 1.29 is 18.0 Å². The van der Waals surface area contributed by atoms with Crippen molar-refractivity contribution in [2.75, 3.05) is 5.75 Å². The van der Waals surface area contributed by atoms with Crippen LogP contribution in [-0.4, -0.2) is 22.7 Å². The molecule has 2 rings (SSSR count). The molecular formula is C18H15F3N2OS. The van der Waals surface area contributed by atoms with E-state index >= 15 is 0 Å². The number of rotatable bonds is 6. The average molecular weight is 364 g/mol. The molecule has 0 atom stereocenters. The zero-order chi connectivity index (χ0) is 18.4. The number of nitrogens with zero attached hydrogens (tertiary/aromatic N) is 2. The fraction of sp³-hybridized carbons (Fsp3) is 0.278. The number of alkyl halides is 3. The number of hydrogen-bond acceptors (Lipinski definition) is 4. The molecule has 2 aromatic rings. The van der Waals surface area contributed by atoms with Crippen molar-refractivity contribution in [2.45, 2.75) is 31.0 Å². The van der Waals surface area contributed by atoms with Crippen molar-refractivity contribution in [2.24, 2.45) is 0 Å². The van der Waals surface area contributed by atoms with Gasteiger partial charge in [-0.15, -0.1) is 11.8 Å². The highest BCUT2D eigenvalue weighted by molar-refractivity contribution is 7.99. The van der Waals surface area contributed by atoms with Crippen LogP contribution in [0.3, 0.4) is 0 Å². The maximum Gasteiger partial charge on any atom is 0.454 e. The molecule has 0 saturated heterocycles. The molecule has 0 spiro atoms. The second kappa shape index (κ2) is 8.17. The molecule has 0 aliphatic rings. The SMILES string of the molecule is CCCCSc1nc(-c2ccccc2)c(C(=O)C(F)(F)F)cc1C#N. The molecule has 0 N–H and O–H groups in total. The van der Waals surface area contributed by atoms with Crippen molar-refractivity contribution in [1.82, 2.24) is 4.98 Å². The Balaban J connectivity index is 2.61. The predicted octanol–water partition coefficient (Wildman–Crippen LogP) is 5.26. The minimum absolute atomic E-state index is 0.0200. The van der Waals surface area contributed by atoms with Gasteiger partial charge in [0.15, 0.2) is 0 Å². The van der Waals surface area contributed by atoms with Crippen LogP contribution in [0.1, 0.15) is 35.7 Å². The number of thioether (sulfide) groups is 1. The number of Topliss-reactive ketones (excluding diaryl/α,β-unsaturated/α-hetero) is 1. The Hall–Kier alpha value is -2.33. The van der Waals surface area contributed by atoms with E-state index in [1.165, 1.54) is 11.8 Å². The van der Waals surface area contributed by atoms with E-state index in [9.17, 15) is 23.2 Å². The van der Waals surface area contributed by atoms with Crippen LogP contribution < -0.4 is 0 Å². The van der Waals surface area contributed by atoms with Gasteiger partial charge in [0.05, 0.1) is 16.8 Å². The molecular weight excluding hydrogens is 349 g/mol. The standard InChI is InChI=1S/C18H15F3N2OS/c1-2-3-9-25-17-13(11-22)10-14(16(24)18(19,20)21)15(23-17)12-7-5-4-6-8-12/h4-8,10H,2-3,9H2,1H3. The van der Waals surface area contributed by atoms with Gasteiger partial charge < -0.3 is 0 Å². The number of carbonyl (C=O) groups excluding carboxylic acids is 1. The van der Waals surface area contributed by atoms with Gasteiger partial charge in [0.25, 0.3) is 5.78 Å². The maximum absolute atomic E-state index is 12.9. The number of hydrogen-bond donors (Lipinski definition) is 0. The molecule has 0 fully saturated rings. The molecule has 7 heteroatoms. The molecule has 0 saturated carbocycles. The molecule has 0 aliphatic carbocycles. The first-order valence-electron chi connectivity index (χ1n) is 7.63. The largest absolute Gasteiger partial charge is 0.454 e. The van der Waals surface area contributed by atoms with E-state index in [1.54, 1.807) is 30.3 Å². The molecule has 0 unspecified atom stereocenters. The fourth-order valence-corrected chi connectivity index (χ4v) is 3.18. The second-order valence-electron chi connectivity index (χ2n) is 5.24. The third kappa shape index (κ3) is 4.60. The Morgan fingerprint density at radius 2 is 1.96 bits per heavy atom. The molecule has 0 radical (unpaired) electrons. The van der Waals surface area contributed by atoms with E-state index in [4.69, 9.17) is 0 Å². The third-order valence-corrected chi connectivity index (χ3v) is 4.47. The number of pyridine rings is 1. The first-order chi connectivity index (χ1) is 11.9. The predicted molar refractivity (Wildman–Crippen MR) is 90.4 cm³/mol. The molecule has 0 aliphatic heterocycles. The van der Waals surface area contributed by atoms with E-state index in [0.29, 0.717) is 16.3 Å². The van der Waals surface area contributed by atoms with E-state index in [1.807, 2.05) is 13.0 Å². The molecule has 1 aromatic heterocycles. The summed E-state index contributed by atoms with van der Waals surface area (Å²) in [7, 11) is 0. The topological polar surface area (TPSA) is 53.8 Å². The lowest BCUT2D eigenvalue weighted by Crippen LogP contribution is -2.24. The van der Waals surface area contributed by atoms with Gasteiger partial charge in [-0.2, -0.15) is 18.4 Å². The van der Waals surface area contributed by atoms with Crippen molar-refractivity contribution in [1.29, 1.82) is 5.26 Å². The zero-order valence-electron chi connectivity index (χ0n) is 13.4. The highest BCUT2D eigenvalue weighted by Crippen LogP contribution is 2.32. The number of benzene rings is 1. The van der Waals surface area contributed by atoms with Crippen LogP contribution in [0.5, 0.6) is 0 Å². The van der Waals surface area contributed by atoms with Gasteiger partial charge in [-0.3, -0.25) is 4.79 Å². The average Bonchev–Trinajstić information content (AvgIpc) is 2.61. The number of halogens is 3. The van der Waals surface area contributed by atoms with Crippen molar-refractivity contribution >= 4 is 17.5 Å². The number of carbonyl (C=O) groups is 1. The Kier molecular flexibility index (Phi) is 6.21. The smallest absolute Gasteiger partial charge is 0.284 e. The van der Waals surface area contributed by atoms with E-state index in [0.717, 1.165) is 18.9 Å². The summed E-state index contributed by atoms with van der Waals surface area (Å²) in [6.07, 6.45) is -3.19. The van der Waals surface area contributed by atoms with Crippen molar-refractivity contribution in [3.63, 3.8) is 0 Å². The van der Waals surface area contributed by atoms with Crippen LogP contribution in [0.25, 0.3) is 11.3 Å². The van der Waals surface area contributed by atoms with Crippen molar-refractivity contribution in [3.8, 4) is 17.3 Å². The minimum atomic E-state index is -5.03. The molecule has 0 amide bonds. The number of unbranched alkanes of at least 4 members (excludes halogenated alkanes) is 1. The third-order valence-electron chi connectivity index (χ3n) is 3.39. The van der Waals surface area contributed by atoms with Gasteiger partial charge in [0, 0.05) is 5.56 Å². The Bertz CT molecular complexity index is 798. The summed E-state index contributed by atoms with van der Waals surface area (Å²) in [4.78, 5) is 16.1. The monoisotopic (exact) mass is 364 g/mol. The van der Waals surface area contributed by atoms with Gasteiger partial charge in [0.1, 0.15) is 11.1 Å². The van der Waals surface area contributed by atoms with Crippen LogP contribution in [0.2, 0.25) is 0 Å². The second-order valence-corrected chi connectivity index (χ2v) is 6.33. The van der Waals surface area contributed by atoms with E-state index < -0.39 is 17.5 Å². The molecule has 25 heavy (non-hydrogen) atoms. The van der Waals surface area contributed by atoms with Gasteiger partial charge in [0.2, 0.25) is 0 Å². The van der Waals surface area contributed by atoms with Crippen molar-refractivity contribution in [3.05, 3.63) is 47.5 Å². The minimum Gasteiger partial charge on any atom is -0.284 e. The normalized spacial score (nSPS) is 11.2. The summed E-state index contributed by atoms with van der Waals surface area (Å²) < 4.78 is 38.8. The molecule has 0 bridgehead atoms. The van der Waals surface area contributed by atoms with E-state index in [2.05, 4.69) is 4.98 Å². The summed E-state index contributed by atoms with van der Waals surface area (Å²) in [5.41, 5.74) is -0.277. The lowest BCUT2D eigenvalue weighted by atomic mass is 10.0. The van der Waals surface area contributed by atoms with Crippen LogP contribution >= 0.6 is 11.8 Å². The van der Waals surface area contributed by atoms with Gasteiger partial charge >= 0.3 is 6.18 Å². The Morgan fingerprint density at radius 1 is 1.28 bits per heavy atom. The van der Waals surface area contributed by atoms with Crippen LogP contribution in [0, 0.1) is 11.3 Å². The summed E-state index contributed by atoms with van der Waals surface area (Å²) in [5, 5.41) is 9.59. The first-order valence-corrected chi connectivity index (χ1v) is 8.62. The highest BCUT2D eigenvalue weighted by Gasteiger charge is 2.41. The van der Waals surface area contributed by atoms with Crippen LogP contribution in [-0.2, 0) is 0 Å². The van der Waals surface area contributed by atoms with Crippen LogP contribution in [0.4, 0.5) is 13.2 Å². The number of aromatic nitrogens is 1. The highest BCUT2D eigenvalue weighted by atomic mass is 32.2. The molecule has 130 valence electrons. The van der Waals surface area contributed by atoms with Gasteiger partial charge in [-0.25, -0.2) is 4.98 Å². The maximum atomic E-state index is 12.9. The fourth-order valence-electron chi connectivity index (χ4n) is 2.14. The lowest BCUT2D eigenvalue weighted by molar-refractivity contribution is -0.0885. The number of nitriles is 1. The summed E-state index contributed by atoms with van der Waals surface area (Å²) in [5.74, 6) is -1.31. The zero-order valence-corrected chi connectivity index (χ0v) is 14.2. The quantitative estimate of drug-likeness (QED) is 0.399. The summed E-state index contributed by atoms with van der Waals surface area (Å²) in [6, 6.07) is 11.0. The molecule has 3 nitrogen and oxygen atoms in total. The van der Waals surface area contributed by atoms with Crippen LogP contribution in [0.15, 0.2) is 41.4 Å². The van der Waals surface area contributed by atoms with E-state index in [-0.39, 0.29) is 11.3 Å². The summed E-state index contributed by atoms with van der Waals surface area (Å²) >= 11 is 1.31. The van der Waals surface area contributed by atoms with Gasteiger partial charge in [-0.1, -0.05) is 43.7 Å². The number of ketones is 1. The first kappa shape index (κ1) is 19.0. The van der Waals surface area contributed by atoms with Gasteiger partial charge in [-0.05, 0) is 18.2 Å². The Morgan fingerprint density at radius 3 is 2.52 bits per heavy atom.